The first kappa shape index (κ1) is 13.3. The summed E-state index contributed by atoms with van der Waals surface area (Å²) in [5.41, 5.74) is 0. The summed E-state index contributed by atoms with van der Waals surface area (Å²) in [5, 5.41) is 0. The Morgan fingerprint density at radius 1 is 1.29 bits per heavy atom. The summed E-state index contributed by atoms with van der Waals surface area (Å²) in [4.78, 5) is 12.0. The molecular weight excluding hydrogens is 195 g/mol. The van der Waals surface area contributed by atoms with E-state index in [1.165, 1.54) is 0 Å². The van der Waals surface area contributed by atoms with Crippen molar-refractivity contribution in [2.24, 2.45) is 0 Å². The van der Waals surface area contributed by atoms with Gasteiger partial charge in [-0.15, -0.1) is 0 Å². The van der Waals surface area contributed by atoms with Crippen LogP contribution in [-0.2, 0) is 4.79 Å². The largest absolute Gasteiger partial charge is 0.406 e. The van der Waals surface area contributed by atoms with Crippen molar-refractivity contribution in [2.75, 3.05) is 13.1 Å². The maximum atomic E-state index is 12.0. The predicted molar refractivity (Wildman–Crippen MR) is 47.8 cm³/mol. The van der Waals surface area contributed by atoms with Crippen molar-refractivity contribution in [1.82, 2.24) is 4.90 Å². The van der Waals surface area contributed by atoms with Crippen molar-refractivity contribution < 1.29 is 18.0 Å². The summed E-state index contributed by atoms with van der Waals surface area (Å²) in [7, 11) is 0. The number of carbonyl (C=O) groups is 1. The number of halogens is 3. The van der Waals surface area contributed by atoms with Crippen molar-refractivity contribution in [2.45, 2.75) is 39.3 Å². The molecule has 0 saturated heterocycles. The molecule has 0 fully saturated rings. The van der Waals surface area contributed by atoms with Crippen LogP contribution in [0.15, 0.2) is 0 Å². The van der Waals surface area contributed by atoms with Gasteiger partial charge in [0.15, 0.2) is 0 Å². The molecule has 84 valence electrons. The van der Waals surface area contributed by atoms with E-state index in [9.17, 15) is 18.0 Å². The molecule has 0 N–H and O–H groups in total. The first-order valence-electron chi connectivity index (χ1n) is 4.75. The van der Waals surface area contributed by atoms with Crippen LogP contribution in [0.3, 0.4) is 0 Å². The van der Waals surface area contributed by atoms with Gasteiger partial charge in [-0.1, -0.05) is 20.3 Å². The zero-order chi connectivity index (χ0) is 11.2. The average molecular weight is 211 g/mol. The van der Waals surface area contributed by atoms with E-state index in [0.717, 1.165) is 11.3 Å². The highest BCUT2D eigenvalue weighted by Crippen LogP contribution is 2.17. The molecule has 0 atom stereocenters. The SMILES string of the molecule is CCCCN(CC(F)(F)F)C(=O)CC. The fourth-order valence-electron chi connectivity index (χ4n) is 1.08. The van der Waals surface area contributed by atoms with Crippen molar-refractivity contribution >= 4 is 5.91 Å². The van der Waals surface area contributed by atoms with Gasteiger partial charge in [-0.2, -0.15) is 13.2 Å². The van der Waals surface area contributed by atoms with E-state index in [1.54, 1.807) is 6.92 Å². The maximum Gasteiger partial charge on any atom is 0.406 e. The Morgan fingerprint density at radius 3 is 2.21 bits per heavy atom. The standard InChI is InChI=1S/C9H16F3NO/c1-3-5-6-13(8(14)4-2)7-9(10,11)12/h3-7H2,1-2H3. The summed E-state index contributed by atoms with van der Waals surface area (Å²) in [6, 6.07) is 0. The third-order valence-electron chi connectivity index (χ3n) is 1.81. The Kier molecular flexibility index (Phi) is 5.57. The molecule has 0 aliphatic carbocycles. The Bertz CT molecular complexity index is 179. The summed E-state index contributed by atoms with van der Waals surface area (Å²) in [6.07, 6.45) is -2.77. The Labute approximate surface area is 82.1 Å². The normalized spacial score (nSPS) is 11.5. The molecule has 0 aliphatic heterocycles. The van der Waals surface area contributed by atoms with Crippen molar-refractivity contribution in [3.63, 3.8) is 0 Å². The third-order valence-corrected chi connectivity index (χ3v) is 1.81. The molecule has 0 rings (SSSR count). The molecule has 14 heavy (non-hydrogen) atoms. The number of unbranched alkanes of at least 4 members (excludes halogenated alkanes) is 1. The lowest BCUT2D eigenvalue weighted by molar-refractivity contribution is -0.161. The van der Waals surface area contributed by atoms with Gasteiger partial charge in [0.25, 0.3) is 0 Å². The van der Waals surface area contributed by atoms with E-state index < -0.39 is 18.6 Å². The molecule has 0 unspecified atom stereocenters. The average Bonchev–Trinajstić information content (AvgIpc) is 2.09. The lowest BCUT2D eigenvalue weighted by Gasteiger charge is -2.23. The van der Waals surface area contributed by atoms with Gasteiger partial charge in [-0.3, -0.25) is 4.79 Å². The van der Waals surface area contributed by atoms with Crippen LogP contribution in [0.2, 0.25) is 0 Å². The van der Waals surface area contributed by atoms with Gasteiger partial charge in [-0.25, -0.2) is 0 Å². The van der Waals surface area contributed by atoms with Gasteiger partial charge < -0.3 is 4.90 Å². The Balaban J connectivity index is 4.18. The van der Waals surface area contributed by atoms with E-state index in [4.69, 9.17) is 0 Å². The number of nitrogens with zero attached hydrogens (tertiary/aromatic N) is 1. The third kappa shape index (κ3) is 5.83. The highest BCUT2D eigenvalue weighted by molar-refractivity contribution is 5.75. The van der Waals surface area contributed by atoms with Crippen molar-refractivity contribution in [1.29, 1.82) is 0 Å². The summed E-state index contributed by atoms with van der Waals surface area (Å²) in [6.45, 7) is 2.52. The molecule has 5 heteroatoms. The fraction of sp³-hybridized carbons (Fsp3) is 0.889. The smallest absolute Gasteiger partial charge is 0.334 e. The van der Waals surface area contributed by atoms with Crippen LogP contribution >= 0.6 is 0 Å². The first-order chi connectivity index (χ1) is 6.40. The van der Waals surface area contributed by atoms with Crippen LogP contribution in [0.5, 0.6) is 0 Å². The highest BCUT2D eigenvalue weighted by atomic mass is 19.4. The molecule has 0 bridgehead atoms. The minimum Gasteiger partial charge on any atom is -0.334 e. The van der Waals surface area contributed by atoms with Crippen LogP contribution in [0.25, 0.3) is 0 Å². The Morgan fingerprint density at radius 2 is 1.86 bits per heavy atom. The molecular formula is C9H16F3NO. The van der Waals surface area contributed by atoms with E-state index in [2.05, 4.69) is 0 Å². The minimum absolute atomic E-state index is 0.125. The first-order valence-corrected chi connectivity index (χ1v) is 4.75. The molecule has 0 aromatic heterocycles. The maximum absolute atomic E-state index is 12.0. The monoisotopic (exact) mass is 211 g/mol. The second-order valence-corrected chi connectivity index (χ2v) is 3.14. The summed E-state index contributed by atoms with van der Waals surface area (Å²) < 4.78 is 36.1. The molecule has 0 aromatic carbocycles. The van der Waals surface area contributed by atoms with Crippen LogP contribution in [-0.4, -0.2) is 30.1 Å². The fourth-order valence-corrected chi connectivity index (χ4v) is 1.08. The van der Waals surface area contributed by atoms with Crippen molar-refractivity contribution in [3.8, 4) is 0 Å². The topological polar surface area (TPSA) is 20.3 Å². The number of amides is 1. The van der Waals surface area contributed by atoms with Gasteiger partial charge in [0, 0.05) is 13.0 Å². The summed E-state index contributed by atoms with van der Waals surface area (Å²) >= 11 is 0. The molecule has 2 nitrogen and oxygen atoms in total. The second kappa shape index (κ2) is 5.88. The zero-order valence-electron chi connectivity index (χ0n) is 8.52. The number of rotatable bonds is 5. The molecule has 0 saturated carbocycles. The summed E-state index contributed by atoms with van der Waals surface area (Å²) in [5.74, 6) is -0.434. The molecule has 1 amide bonds. The molecule has 0 heterocycles. The lowest BCUT2D eigenvalue weighted by atomic mass is 10.3. The number of alkyl halides is 3. The quantitative estimate of drug-likeness (QED) is 0.684. The minimum atomic E-state index is -4.29. The predicted octanol–water partition coefficient (Wildman–Crippen LogP) is 2.59. The van der Waals surface area contributed by atoms with Crippen LogP contribution in [0.4, 0.5) is 13.2 Å². The van der Waals surface area contributed by atoms with Gasteiger partial charge in [0.1, 0.15) is 6.54 Å². The van der Waals surface area contributed by atoms with Gasteiger partial charge >= 0.3 is 6.18 Å². The highest BCUT2D eigenvalue weighted by Gasteiger charge is 2.32. The zero-order valence-corrected chi connectivity index (χ0v) is 8.52. The van der Waals surface area contributed by atoms with E-state index in [-0.39, 0.29) is 13.0 Å². The molecule has 0 aliphatic rings. The second-order valence-electron chi connectivity index (χ2n) is 3.14. The van der Waals surface area contributed by atoms with Crippen LogP contribution < -0.4 is 0 Å². The van der Waals surface area contributed by atoms with E-state index >= 15 is 0 Å². The van der Waals surface area contributed by atoms with E-state index in [1.807, 2.05) is 6.92 Å². The number of hydrogen-bond acceptors (Lipinski definition) is 1. The lowest BCUT2D eigenvalue weighted by Crippen LogP contribution is -2.39. The molecule has 0 spiro atoms. The van der Waals surface area contributed by atoms with Crippen molar-refractivity contribution in [3.05, 3.63) is 0 Å². The van der Waals surface area contributed by atoms with Crippen LogP contribution in [0, 0.1) is 0 Å². The molecule has 0 radical (unpaired) electrons. The van der Waals surface area contributed by atoms with Gasteiger partial charge in [0.2, 0.25) is 5.91 Å². The number of hydrogen-bond donors (Lipinski definition) is 0. The van der Waals surface area contributed by atoms with E-state index in [0.29, 0.717) is 6.42 Å². The number of carbonyl (C=O) groups excluding carboxylic acids is 1. The molecule has 0 aromatic rings. The van der Waals surface area contributed by atoms with Crippen LogP contribution in [0.1, 0.15) is 33.1 Å². The van der Waals surface area contributed by atoms with Gasteiger partial charge in [-0.05, 0) is 6.42 Å². The Hall–Kier alpha value is -0.740. The van der Waals surface area contributed by atoms with Gasteiger partial charge in [0.05, 0.1) is 0 Å².